The van der Waals surface area contributed by atoms with E-state index in [-0.39, 0.29) is 29.9 Å². The van der Waals surface area contributed by atoms with Crippen LogP contribution < -0.4 is 10.2 Å². The first-order chi connectivity index (χ1) is 14.2. The number of carbonyl (C=O) groups excluding carboxylic acids is 1. The molecule has 0 radical (unpaired) electrons. The number of carbonyl (C=O) groups is 1. The standard InChI is InChI=1S/C22H36N6O.HI/c1-4-5-6-7-10-15-26(3)22(23-2)25-14-12-21(29)28-18-16-27(17-19-28)20-11-8-9-13-24-20;/h4,8-9,11,13H,1,5-7,10,12,14-19H2,2-3H3,(H,23,25);1H. The Hall–Kier alpha value is -1.84. The lowest BCUT2D eigenvalue weighted by molar-refractivity contribution is -0.131. The average Bonchev–Trinajstić information content (AvgIpc) is 2.77. The molecule has 0 atom stereocenters. The number of guanidine groups is 1. The summed E-state index contributed by atoms with van der Waals surface area (Å²) in [5, 5.41) is 3.32. The summed E-state index contributed by atoms with van der Waals surface area (Å²) in [5.74, 6) is 2.03. The number of pyridine rings is 1. The maximum Gasteiger partial charge on any atom is 0.224 e. The van der Waals surface area contributed by atoms with Crippen molar-refractivity contribution in [2.45, 2.75) is 32.1 Å². The monoisotopic (exact) mass is 528 g/mol. The highest BCUT2D eigenvalue weighted by Crippen LogP contribution is 2.12. The van der Waals surface area contributed by atoms with Crippen LogP contribution in [-0.4, -0.2) is 80.0 Å². The summed E-state index contributed by atoms with van der Waals surface area (Å²) < 4.78 is 0. The lowest BCUT2D eigenvalue weighted by atomic mass is 10.2. The summed E-state index contributed by atoms with van der Waals surface area (Å²) in [6.07, 6.45) is 8.85. The molecule has 1 aromatic heterocycles. The quantitative estimate of drug-likeness (QED) is 0.166. The van der Waals surface area contributed by atoms with Gasteiger partial charge in [0.25, 0.3) is 0 Å². The van der Waals surface area contributed by atoms with Crippen LogP contribution in [0.1, 0.15) is 32.1 Å². The Morgan fingerprint density at radius 1 is 1.27 bits per heavy atom. The van der Waals surface area contributed by atoms with E-state index in [0.29, 0.717) is 13.0 Å². The van der Waals surface area contributed by atoms with Crippen LogP contribution in [0.5, 0.6) is 0 Å². The van der Waals surface area contributed by atoms with E-state index in [2.05, 4.69) is 31.7 Å². The molecule has 0 bridgehead atoms. The molecule has 1 aliphatic heterocycles. The van der Waals surface area contributed by atoms with Crippen LogP contribution in [0.4, 0.5) is 5.82 Å². The number of nitrogens with zero attached hydrogens (tertiary/aromatic N) is 5. The summed E-state index contributed by atoms with van der Waals surface area (Å²) in [4.78, 5) is 27.6. The highest BCUT2D eigenvalue weighted by atomic mass is 127. The lowest BCUT2D eigenvalue weighted by Gasteiger charge is -2.35. The van der Waals surface area contributed by atoms with E-state index in [1.165, 1.54) is 12.8 Å². The van der Waals surface area contributed by atoms with Crippen LogP contribution in [0.2, 0.25) is 0 Å². The van der Waals surface area contributed by atoms with Crippen molar-refractivity contribution in [3.63, 3.8) is 0 Å². The number of amides is 1. The van der Waals surface area contributed by atoms with Gasteiger partial charge < -0.3 is 20.0 Å². The molecule has 0 aliphatic carbocycles. The van der Waals surface area contributed by atoms with Gasteiger partial charge in [0, 0.05) is 66.0 Å². The van der Waals surface area contributed by atoms with E-state index in [1.54, 1.807) is 7.05 Å². The number of unbranched alkanes of at least 4 members (excludes halogenated alkanes) is 3. The number of halogens is 1. The Kier molecular flexibility index (Phi) is 13.1. The molecule has 1 fully saturated rings. The molecule has 2 heterocycles. The summed E-state index contributed by atoms with van der Waals surface area (Å²) in [6, 6.07) is 5.93. The van der Waals surface area contributed by atoms with Gasteiger partial charge in [0.1, 0.15) is 5.82 Å². The van der Waals surface area contributed by atoms with Gasteiger partial charge >= 0.3 is 0 Å². The number of aliphatic imine (C=N–C) groups is 1. The van der Waals surface area contributed by atoms with Gasteiger partial charge in [-0.1, -0.05) is 18.6 Å². The van der Waals surface area contributed by atoms with Crippen molar-refractivity contribution < 1.29 is 4.79 Å². The van der Waals surface area contributed by atoms with Crippen molar-refractivity contribution in [3.05, 3.63) is 37.1 Å². The van der Waals surface area contributed by atoms with E-state index >= 15 is 0 Å². The number of aromatic nitrogens is 1. The molecule has 30 heavy (non-hydrogen) atoms. The summed E-state index contributed by atoms with van der Waals surface area (Å²) >= 11 is 0. The van der Waals surface area contributed by atoms with Gasteiger partial charge in [-0.3, -0.25) is 9.79 Å². The smallest absolute Gasteiger partial charge is 0.224 e. The number of hydrogen-bond acceptors (Lipinski definition) is 4. The zero-order valence-corrected chi connectivity index (χ0v) is 20.8. The maximum atomic E-state index is 12.5. The number of piperazine rings is 1. The highest BCUT2D eigenvalue weighted by molar-refractivity contribution is 14.0. The molecule has 168 valence electrons. The second-order valence-corrected chi connectivity index (χ2v) is 7.34. The first-order valence-corrected chi connectivity index (χ1v) is 10.6. The Labute approximate surface area is 198 Å². The first kappa shape index (κ1) is 26.2. The van der Waals surface area contributed by atoms with Crippen molar-refractivity contribution >= 4 is 41.7 Å². The third-order valence-corrected chi connectivity index (χ3v) is 5.20. The summed E-state index contributed by atoms with van der Waals surface area (Å²) in [6.45, 7) is 8.46. The Morgan fingerprint density at radius 2 is 2.03 bits per heavy atom. The van der Waals surface area contributed by atoms with E-state index in [9.17, 15) is 4.79 Å². The molecule has 1 aromatic rings. The Bertz CT molecular complexity index is 646. The van der Waals surface area contributed by atoms with Crippen LogP contribution in [0.25, 0.3) is 0 Å². The number of hydrogen-bond donors (Lipinski definition) is 1. The molecule has 2 rings (SSSR count). The lowest BCUT2D eigenvalue weighted by Crippen LogP contribution is -2.49. The zero-order chi connectivity index (χ0) is 20.9. The van der Waals surface area contributed by atoms with Crippen molar-refractivity contribution in [2.75, 3.05) is 58.3 Å². The summed E-state index contributed by atoms with van der Waals surface area (Å²) in [7, 11) is 3.83. The van der Waals surface area contributed by atoms with Gasteiger partial charge in [0.2, 0.25) is 5.91 Å². The number of anilines is 1. The third kappa shape index (κ3) is 8.89. The largest absolute Gasteiger partial charge is 0.356 e. The number of nitrogens with one attached hydrogen (secondary N) is 1. The average molecular weight is 528 g/mol. The van der Waals surface area contributed by atoms with Crippen LogP contribution in [0, 0.1) is 0 Å². The van der Waals surface area contributed by atoms with Crippen molar-refractivity contribution in [1.82, 2.24) is 20.1 Å². The number of allylic oxidation sites excluding steroid dienone is 1. The first-order valence-electron chi connectivity index (χ1n) is 10.6. The van der Waals surface area contributed by atoms with E-state index in [1.807, 2.05) is 42.4 Å². The Morgan fingerprint density at radius 3 is 2.67 bits per heavy atom. The SMILES string of the molecule is C=CCCCCCN(C)C(=NC)NCCC(=O)N1CCN(c2ccccn2)CC1.I. The molecule has 0 unspecified atom stereocenters. The molecule has 0 spiro atoms. The topological polar surface area (TPSA) is 64.1 Å². The van der Waals surface area contributed by atoms with E-state index < -0.39 is 0 Å². The van der Waals surface area contributed by atoms with Crippen LogP contribution in [0.3, 0.4) is 0 Å². The highest BCUT2D eigenvalue weighted by Gasteiger charge is 2.21. The second kappa shape index (κ2) is 15.0. The molecule has 8 heteroatoms. The molecule has 1 amide bonds. The van der Waals surface area contributed by atoms with Gasteiger partial charge in [0.05, 0.1) is 0 Å². The fourth-order valence-corrected chi connectivity index (χ4v) is 3.47. The minimum Gasteiger partial charge on any atom is -0.356 e. The van der Waals surface area contributed by atoms with Gasteiger partial charge in [-0.15, -0.1) is 30.6 Å². The molecule has 0 saturated carbocycles. The fraction of sp³-hybridized carbons (Fsp3) is 0.591. The van der Waals surface area contributed by atoms with Crippen LogP contribution >= 0.6 is 24.0 Å². The Balaban J connectivity index is 0.00000450. The number of rotatable bonds is 10. The molecule has 7 nitrogen and oxygen atoms in total. The molecule has 0 aromatic carbocycles. The fourth-order valence-electron chi connectivity index (χ4n) is 3.47. The third-order valence-electron chi connectivity index (χ3n) is 5.20. The van der Waals surface area contributed by atoms with Gasteiger partial charge in [-0.2, -0.15) is 0 Å². The van der Waals surface area contributed by atoms with E-state index in [4.69, 9.17) is 0 Å². The minimum atomic E-state index is 0. The predicted molar refractivity (Wildman–Crippen MR) is 136 cm³/mol. The summed E-state index contributed by atoms with van der Waals surface area (Å²) in [5.41, 5.74) is 0. The molecule has 1 N–H and O–H groups in total. The molecule has 1 aliphatic rings. The molecular formula is C22H37IN6O. The van der Waals surface area contributed by atoms with Gasteiger partial charge in [0.15, 0.2) is 5.96 Å². The van der Waals surface area contributed by atoms with Crippen LogP contribution in [0.15, 0.2) is 42.0 Å². The zero-order valence-electron chi connectivity index (χ0n) is 18.4. The van der Waals surface area contributed by atoms with Crippen LogP contribution in [-0.2, 0) is 4.79 Å². The molecular weight excluding hydrogens is 491 g/mol. The molecule has 1 saturated heterocycles. The maximum absolute atomic E-state index is 12.5. The van der Waals surface area contributed by atoms with Crippen molar-refractivity contribution in [2.24, 2.45) is 4.99 Å². The predicted octanol–water partition coefficient (Wildman–Crippen LogP) is 2.99. The second-order valence-electron chi connectivity index (χ2n) is 7.34. The minimum absolute atomic E-state index is 0. The van der Waals surface area contributed by atoms with Gasteiger partial charge in [-0.05, 0) is 31.4 Å². The van der Waals surface area contributed by atoms with Gasteiger partial charge in [-0.25, -0.2) is 4.98 Å². The van der Waals surface area contributed by atoms with E-state index in [0.717, 1.165) is 57.3 Å². The van der Waals surface area contributed by atoms with Crippen molar-refractivity contribution in [3.8, 4) is 0 Å². The van der Waals surface area contributed by atoms with Crippen molar-refractivity contribution in [1.29, 1.82) is 0 Å². The normalized spacial score (nSPS) is 14.1.